The van der Waals surface area contributed by atoms with Gasteiger partial charge >= 0.3 is 6.09 Å². The summed E-state index contributed by atoms with van der Waals surface area (Å²) in [4.78, 5) is 13.9. The van der Waals surface area contributed by atoms with Gasteiger partial charge in [-0.3, -0.25) is 0 Å². The van der Waals surface area contributed by atoms with Crippen molar-refractivity contribution in [3.05, 3.63) is 52.5 Å². The molecule has 0 bridgehead atoms. The molecule has 2 aromatic rings. The van der Waals surface area contributed by atoms with E-state index in [1.54, 1.807) is 17.0 Å². The molecule has 1 amide bonds. The molecule has 0 radical (unpaired) electrons. The zero-order valence-corrected chi connectivity index (χ0v) is 22.9. The lowest BCUT2D eigenvalue weighted by atomic mass is 9.82. The molecule has 0 aromatic heterocycles. The fraction of sp³-hybridized carbons (Fsp3) is 0.458. The van der Waals surface area contributed by atoms with Gasteiger partial charge in [0.25, 0.3) is 0 Å². The first-order valence-electron chi connectivity index (χ1n) is 11.1. The number of ether oxygens (including phenoxy) is 2. The summed E-state index contributed by atoms with van der Waals surface area (Å²) < 4.78 is 33.1. The van der Waals surface area contributed by atoms with Gasteiger partial charge in [-0.2, -0.15) is 0 Å². The van der Waals surface area contributed by atoms with E-state index in [-0.39, 0.29) is 18.0 Å². The van der Waals surface area contributed by atoms with Crippen LogP contribution in [0, 0.1) is 0 Å². The normalized spacial score (nSPS) is 17.6. The molecule has 1 spiro atoms. The largest absolute Gasteiger partial charge is 0.487 e. The second kappa shape index (κ2) is 10.2. The minimum absolute atomic E-state index is 0.0890. The van der Waals surface area contributed by atoms with E-state index in [9.17, 15) is 13.2 Å². The van der Waals surface area contributed by atoms with E-state index < -0.39 is 19.7 Å². The van der Waals surface area contributed by atoms with Crippen molar-refractivity contribution in [1.82, 2.24) is 4.90 Å². The number of benzene rings is 2. The topological polar surface area (TPSA) is 72.9 Å². The van der Waals surface area contributed by atoms with Crippen LogP contribution >= 0.6 is 46.4 Å². The summed E-state index contributed by atoms with van der Waals surface area (Å²) >= 11 is 23.3. The van der Waals surface area contributed by atoms with Crippen LogP contribution in [-0.2, 0) is 26.7 Å². The van der Waals surface area contributed by atoms with Crippen molar-refractivity contribution < 1.29 is 22.7 Å². The van der Waals surface area contributed by atoms with E-state index in [2.05, 4.69) is 6.07 Å². The van der Waals surface area contributed by atoms with Gasteiger partial charge in [-0.25, -0.2) is 13.2 Å². The standard InChI is InChI=1S/C24H25Cl4NO5S/c1-35(31,32)14-19-3-2-17(13-20(19)25)16-4-5-21-18(12-16)6-7-23(34-21)8-10-29(11-9-23)22(30)33-15-24(26,27)28/h2-5,12-13H,6-11,14-15H2,1H3. The molecule has 11 heteroatoms. The highest BCUT2D eigenvalue weighted by Gasteiger charge is 2.41. The molecule has 0 N–H and O–H groups in total. The van der Waals surface area contributed by atoms with Crippen LogP contribution in [0.2, 0.25) is 5.02 Å². The first-order valence-corrected chi connectivity index (χ1v) is 14.7. The molecule has 4 rings (SSSR count). The number of likely N-dealkylation sites (tertiary alicyclic amines) is 1. The summed E-state index contributed by atoms with van der Waals surface area (Å²) in [5.74, 6) is 0.751. The lowest BCUT2D eigenvalue weighted by Crippen LogP contribution is -2.51. The first-order chi connectivity index (χ1) is 16.3. The monoisotopic (exact) mass is 579 g/mol. The van der Waals surface area contributed by atoms with Crippen molar-refractivity contribution in [1.29, 1.82) is 0 Å². The molecule has 1 fully saturated rings. The summed E-state index contributed by atoms with van der Waals surface area (Å²) in [6, 6.07) is 11.5. The molecule has 1 saturated heterocycles. The SMILES string of the molecule is CS(=O)(=O)Cc1ccc(-c2ccc3c(c2)CCC2(CCN(C(=O)OCC(Cl)(Cl)Cl)CC2)O3)cc1Cl. The first kappa shape index (κ1) is 26.7. The second-order valence-corrected chi connectivity index (χ2v) is 14.2. The molecule has 0 atom stereocenters. The number of alkyl halides is 3. The van der Waals surface area contributed by atoms with E-state index in [1.807, 2.05) is 18.2 Å². The molecule has 2 aliphatic rings. The fourth-order valence-electron chi connectivity index (χ4n) is 4.51. The summed E-state index contributed by atoms with van der Waals surface area (Å²) in [7, 11) is -3.17. The van der Waals surface area contributed by atoms with Gasteiger partial charge in [0.15, 0.2) is 9.84 Å². The molecule has 190 valence electrons. The Morgan fingerprint density at radius 2 is 1.74 bits per heavy atom. The third-order valence-electron chi connectivity index (χ3n) is 6.33. The maximum atomic E-state index is 12.2. The molecule has 0 unspecified atom stereocenters. The van der Waals surface area contributed by atoms with Crippen molar-refractivity contribution in [3.8, 4) is 16.9 Å². The molecular formula is C24H25Cl4NO5S. The second-order valence-electron chi connectivity index (χ2n) is 9.14. The Kier molecular flexibility index (Phi) is 7.75. The van der Waals surface area contributed by atoms with Gasteiger partial charge in [0.2, 0.25) is 3.79 Å². The number of aryl methyl sites for hydroxylation is 1. The number of hydrogen-bond donors (Lipinski definition) is 0. The van der Waals surface area contributed by atoms with Crippen LogP contribution in [0.4, 0.5) is 4.79 Å². The molecule has 6 nitrogen and oxygen atoms in total. The van der Waals surface area contributed by atoms with Crippen LogP contribution < -0.4 is 4.74 Å². The number of sulfone groups is 1. The van der Waals surface area contributed by atoms with Gasteiger partial charge < -0.3 is 14.4 Å². The van der Waals surface area contributed by atoms with Crippen LogP contribution in [-0.4, -0.2) is 54.8 Å². The van der Waals surface area contributed by atoms with E-state index in [4.69, 9.17) is 55.9 Å². The number of rotatable bonds is 4. The third-order valence-corrected chi connectivity index (χ3v) is 7.85. The lowest BCUT2D eigenvalue weighted by Gasteiger charge is -2.44. The predicted octanol–water partition coefficient (Wildman–Crippen LogP) is 6.22. The Labute approximate surface area is 225 Å². The average Bonchev–Trinajstić information content (AvgIpc) is 2.78. The number of carbonyl (C=O) groups is 1. The zero-order valence-electron chi connectivity index (χ0n) is 19.0. The number of amides is 1. The van der Waals surface area contributed by atoms with Crippen molar-refractivity contribution in [2.75, 3.05) is 26.0 Å². The summed E-state index contributed by atoms with van der Waals surface area (Å²) in [6.07, 6.45) is 3.77. The number of piperidine rings is 1. The Balaban J connectivity index is 1.41. The minimum Gasteiger partial charge on any atom is -0.487 e. The number of hydrogen-bond acceptors (Lipinski definition) is 5. The maximum Gasteiger partial charge on any atom is 0.409 e. The molecule has 2 heterocycles. The van der Waals surface area contributed by atoms with Gasteiger partial charge in [-0.05, 0) is 53.3 Å². The van der Waals surface area contributed by atoms with Gasteiger partial charge in [0.1, 0.15) is 18.0 Å². The average molecular weight is 581 g/mol. The van der Waals surface area contributed by atoms with E-state index in [0.717, 1.165) is 35.3 Å². The zero-order chi connectivity index (χ0) is 25.4. The minimum atomic E-state index is -3.17. The molecule has 0 aliphatic carbocycles. The Morgan fingerprint density at radius 1 is 1.09 bits per heavy atom. The highest BCUT2D eigenvalue weighted by Crippen LogP contribution is 2.41. The number of halogens is 4. The van der Waals surface area contributed by atoms with Crippen LogP contribution in [0.25, 0.3) is 11.1 Å². The number of nitrogens with zero attached hydrogens (tertiary/aromatic N) is 1. The van der Waals surface area contributed by atoms with Crippen LogP contribution in [0.3, 0.4) is 0 Å². The summed E-state index contributed by atoms with van der Waals surface area (Å²) in [6.45, 7) is 0.713. The summed E-state index contributed by atoms with van der Waals surface area (Å²) in [5.41, 5.74) is 3.27. The highest BCUT2D eigenvalue weighted by atomic mass is 35.6. The number of carbonyl (C=O) groups excluding carboxylic acids is 1. The van der Waals surface area contributed by atoms with Gasteiger partial charge in [0, 0.05) is 37.2 Å². The molecule has 35 heavy (non-hydrogen) atoms. The highest BCUT2D eigenvalue weighted by molar-refractivity contribution is 7.89. The Morgan fingerprint density at radius 3 is 2.37 bits per heavy atom. The van der Waals surface area contributed by atoms with Gasteiger partial charge in [-0.1, -0.05) is 64.6 Å². The third kappa shape index (κ3) is 6.89. The van der Waals surface area contributed by atoms with E-state index in [1.165, 1.54) is 6.26 Å². The Hall–Kier alpha value is -1.38. The van der Waals surface area contributed by atoms with Crippen molar-refractivity contribution in [2.45, 2.75) is 40.8 Å². The van der Waals surface area contributed by atoms with Crippen LogP contribution in [0.5, 0.6) is 5.75 Å². The van der Waals surface area contributed by atoms with Crippen LogP contribution in [0.1, 0.15) is 30.4 Å². The smallest absolute Gasteiger partial charge is 0.409 e. The van der Waals surface area contributed by atoms with E-state index in [0.29, 0.717) is 36.5 Å². The Bertz CT molecular complexity index is 1220. The van der Waals surface area contributed by atoms with Crippen LogP contribution in [0.15, 0.2) is 36.4 Å². The van der Waals surface area contributed by atoms with Gasteiger partial charge in [0.05, 0.1) is 5.75 Å². The van der Waals surface area contributed by atoms with Crippen molar-refractivity contribution in [2.24, 2.45) is 0 Å². The van der Waals surface area contributed by atoms with Crippen molar-refractivity contribution in [3.63, 3.8) is 0 Å². The van der Waals surface area contributed by atoms with E-state index >= 15 is 0 Å². The number of fused-ring (bicyclic) bond motifs is 1. The van der Waals surface area contributed by atoms with Gasteiger partial charge in [-0.15, -0.1) is 0 Å². The predicted molar refractivity (Wildman–Crippen MR) is 140 cm³/mol. The molecule has 2 aromatic carbocycles. The fourth-order valence-corrected chi connectivity index (χ4v) is 5.82. The molecular weight excluding hydrogens is 556 g/mol. The summed E-state index contributed by atoms with van der Waals surface area (Å²) in [5, 5.41) is 0.431. The molecule has 2 aliphatic heterocycles. The lowest BCUT2D eigenvalue weighted by molar-refractivity contribution is -0.0141. The maximum absolute atomic E-state index is 12.2. The quantitative estimate of drug-likeness (QED) is 0.401. The molecule has 0 saturated carbocycles. The van der Waals surface area contributed by atoms with Crippen molar-refractivity contribution >= 4 is 62.3 Å².